The normalized spacial score (nSPS) is 12.2. The molecule has 0 saturated carbocycles. The molecule has 0 radical (unpaired) electrons. The van der Waals surface area contributed by atoms with E-state index in [0.29, 0.717) is 39.0 Å². The lowest BCUT2D eigenvalue weighted by Crippen LogP contribution is -2.25. The van der Waals surface area contributed by atoms with E-state index in [1.54, 1.807) is 66.7 Å². The van der Waals surface area contributed by atoms with E-state index in [1.165, 1.54) is 0 Å². The molecular formula is C22H16ClN3O4. The van der Waals surface area contributed by atoms with Crippen molar-refractivity contribution in [2.45, 2.75) is 0 Å². The summed E-state index contributed by atoms with van der Waals surface area (Å²) >= 11 is 5.86. The Bertz CT molecular complexity index is 1150. The molecule has 0 spiro atoms. The van der Waals surface area contributed by atoms with Crippen LogP contribution in [0.3, 0.4) is 0 Å². The number of fused-ring (bicyclic) bond motifs is 1. The van der Waals surface area contributed by atoms with Crippen molar-refractivity contribution >= 4 is 46.4 Å². The zero-order valence-electron chi connectivity index (χ0n) is 15.6. The first-order valence-electron chi connectivity index (χ1n) is 9.03. The van der Waals surface area contributed by atoms with Crippen molar-refractivity contribution in [3.63, 3.8) is 0 Å². The second-order valence-corrected chi connectivity index (χ2v) is 6.94. The number of nitrogens with one attached hydrogen (secondary N) is 3. The standard InChI is InChI=1S/C22H16ClN3O4/c23-15-8-5-13(6-9-15)21(28)25-16-3-1-2-4-17(16)26-22(29)14-7-10-18-19(11-14)30-12-20(27)24-18/h1-11H,12H2,(H,24,27)(H,25,28)(H,26,29). The Morgan fingerprint density at radius 1 is 0.867 bits per heavy atom. The van der Waals surface area contributed by atoms with Crippen LogP contribution in [-0.2, 0) is 4.79 Å². The quantitative estimate of drug-likeness (QED) is 0.588. The van der Waals surface area contributed by atoms with Crippen molar-refractivity contribution in [3.05, 3.63) is 82.9 Å². The average molecular weight is 422 g/mol. The monoisotopic (exact) mass is 421 g/mol. The number of benzene rings is 3. The van der Waals surface area contributed by atoms with Gasteiger partial charge in [0.2, 0.25) is 0 Å². The molecule has 0 fully saturated rings. The van der Waals surface area contributed by atoms with Gasteiger partial charge in [0, 0.05) is 16.1 Å². The van der Waals surface area contributed by atoms with Gasteiger partial charge in [-0.1, -0.05) is 23.7 Å². The van der Waals surface area contributed by atoms with E-state index in [-0.39, 0.29) is 24.3 Å². The van der Waals surface area contributed by atoms with Gasteiger partial charge in [-0.25, -0.2) is 0 Å². The number of carbonyl (C=O) groups excluding carboxylic acids is 3. The molecular weight excluding hydrogens is 406 g/mol. The third-order valence-corrected chi connectivity index (χ3v) is 4.66. The van der Waals surface area contributed by atoms with Crippen LogP contribution in [0, 0.1) is 0 Å². The number of carbonyl (C=O) groups is 3. The van der Waals surface area contributed by atoms with Crippen molar-refractivity contribution in [2.75, 3.05) is 22.6 Å². The number of halogens is 1. The molecule has 3 amide bonds. The number of para-hydroxylation sites is 2. The van der Waals surface area contributed by atoms with Crippen molar-refractivity contribution in [3.8, 4) is 5.75 Å². The Morgan fingerprint density at radius 3 is 2.13 bits per heavy atom. The van der Waals surface area contributed by atoms with Gasteiger partial charge in [0.15, 0.2) is 6.61 Å². The topological polar surface area (TPSA) is 96.5 Å². The van der Waals surface area contributed by atoms with Crippen LogP contribution in [0.2, 0.25) is 5.02 Å². The summed E-state index contributed by atoms with van der Waals surface area (Å²) in [5, 5.41) is 8.79. The van der Waals surface area contributed by atoms with Gasteiger partial charge in [-0.2, -0.15) is 0 Å². The fourth-order valence-corrected chi connectivity index (χ4v) is 3.03. The Kier molecular flexibility index (Phi) is 5.36. The largest absolute Gasteiger partial charge is 0.482 e. The lowest BCUT2D eigenvalue weighted by Gasteiger charge is -2.18. The number of hydrogen-bond acceptors (Lipinski definition) is 4. The molecule has 8 heteroatoms. The van der Waals surface area contributed by atoms with Gasteiger partial charge >= 0.3 is 0 Å². The molecule has 3 aromatic carbocycles. The van der Waals surface area contributed by atoms with Crippen LogP contribution in [0.1, 0.15) is 20.7 Å². The minimum atomic E-state index is -0.383. The van der Waals surface area contributed by atoms with E-state index in [9.17, 15) is 14.4 Å². The summed E-state index contributed by atoms with van der Waals surface area (Å²) in [6.07, 6.45) is 0. The van der Waals surface area contributed by atoms with E-state index in [0.717, 1.165) is 0 Å². The number of anilines is 3. The molecule has 1 aliphatic rings. The summed E-state index contributed by atoms with van der Waals surface area (Å²) in [6.45, 7) is -0.0996. The fourth-order valence-electron chi connectivity index (χ4n) is 2.91. The maximum Gasteiger partial charge on any atom is 0.262 e. The molecule has 3 aromatic rings. The first-order chi connectivity index (χ1) is 14.5. The first kappa shape index (κ1) is 19.5. The summed E-state index contributed by atoms with van der Waals surface area (Å²) in [7, 11) is 0. The summed E-state index contributed by atoms with van der Waals surface area (Å²) in [5.41, 5.74) is 2.19. The Labute approximate surface area is 177 Å². The number of amides is 3. The molecule has 0 unspecified atom stereocenters. The molecule has 0 aromatic heterocycles. The van der Waals surface area contributed by atoms with Gasteiger partial charge < -0.3 is 20.7 Å². The number of hydrogen-bond donors (Lipinski definition) is 3. The molecule has 4 rings (SSSR count). The summed E-state index contributed by atoms with van der Waals surface area (Å²) in [5.74, 6) is -0.533. The molecule has 0 atom stereocenters. The molecule has 3 N–H and O–H groups in total. The van der Waals surface area contributed by atoms with Crippen LogP contribution in [0.5, 0.6) is 5.75 Å². The van der Waals surface area contributed by atoms with Crippen LogP contribution < -0.4 is 20.7 Å². The van der Waals surface area contributed by atoms with Gasteiger partial charge in [-0.15, -0.1) is 0 Å². The highest BCUT2D eigenvalue weighted by Crippen LogP contribution is 2.29. The predicted octanol–water partition coefficient (Wildman–Crippen LogP) is 4.18. The number of rotatable bonds is 4. The Morgan fingerprint density at radius 2 is 1.47 bits per heavy atom. The maximum absolute atomic E-state index is 12.7. The molecule has 0 saturated heterocycles. The van der Waals surface area contributed by atoms with Crippen molar-refractivity contribution < 1.29 is 19.1 Å². The van der Waals surface area contributed by atoms with Crippen LogP contribution in [0.15, 0.2) is 66.7 Å². The maximum atomic E-state index is 12.7. The molecule has 1 aliphatic heterocycles. The second-order valence-electron chi connectivity index (χ2n) is 6.51. The van der Waals surface area contributed by atoms with Crippen LogP contribution in [-0.4, -0.2) is 24.3 Å². The van der Waals surface area contributed by atoms with E-state index in [1.807, 2.05) is 0 Å². The van der Waals surface area contributed by atoms with Crippen LogP contribution in [0.4, 0.5) is 17.1 Å². The lowest BCUT2D eigenvalue weighted by molar-refractivity contribution is -0.118. The summed E-state index contributed by atoms with van der Waals surface area (Å²) in [4.78, 5) is 36.6. The van der Waals surface area contributed by atoms with E-state index < -0.39 is 0 Å². The Balaban J connectivity index is 1.51. The fraction of sp³-hybridized carbons (Fsp3) is 0.0455. The summed E-state index contributed by atoms with van der Waals surface area (Å²) in [6, 6.07) is 18.1. The molecule has 0 aliphatic carbocycles. The van der Waals surface area contributed by atoms with Crippen LogP contribution >= 0.6 is 11.6 Å². The zero-order valence-corrected chi connectivity index (χ0v) is 16.3. The lowest BCUT2D eigenvalue weighted by atomic mass is 10.1. The van der Waals surface area contributed by atoms with Gasteiger partial charge in [-0.05, 0) is 54.6 Å². The minimum Gasteiger partial charge on any atom is -0.482 e. The van der Waals surface area contributed by atoms with Gasteiger partial charge in [-0.3, -0.25) is 14.4 Å². The molecule has 150 valence electrons. The molecule has 1 heterocycles. The van der Waals surface area contributed by atoms with E-state index in [4.69, 9.17) is 16.3 Å². The molecule has 0 bridgehead atoms. The third kappa shape index (κ3) is 4.26. The first-order valence-corrected chi connectivity index (χ1v) is 9.41. The van der Waals surface area contributed by atoms with E-state index in [2.05, 4.69) is 16.0 Å². The van der Waals surface area contributed by atoms with Crippen LogP contribution in [0.25, 0.3) is 0 Å². The highest BCUT2D eigenvalue weighted by Gasteiger charge is 2.18. The van der Waals surface area contributed by atoms with E-state index >= 15 is 0 Å². The SMILES string of the molecule is O=C1COc2cc(C(=O)Nc3ccccc3NC(=O)c3ccc(Cl)cc3)ccc2N1. The van der Waals surface area contributed by atoms with Crippen molar-refractivity contribution in [2.24, 2.45) is 0 Å². The summed E-state index contributed by atoms with van der Waals surface area (Å²) < 4.78 is 5.35. The molecule has 30 heavy (non-hydrogen) atoms. The Hall–Kier alpha value is -3.84. The van der Waals surface area contributed by atoms with Crippen molar-refractivity contribution in [1.82, 2.24) is 0 Å². The highest BCUT2D eigenvalue weighted by atomic mass is 35.5. The van der Waals surface area contributed by atoms with Gasteiger partial charge in [0.25, 0.3) is 17.7 Å². The zero-order chi connectivity index (χ0) is 21.1. The third-order valence-electron chi connectivity index (χ3n) is 4.41. The van der Waals surface area contributed by atoms with Crippen molar-refractivity contribution in [1.29, 1.82) is 0 Å². The van der Waals surface area contributed by atoms with Gasteiger partial charge in [0.1, 0.15) is 5.75 Å². The molecule has 7 nitrogen and oxygen atoms in total. The smallest absolute Gasteiger partial charge is 0.262 e. The van der Waals surface area contributed by atoms with Gasteiger partial charge in [0.05, 0.1) is 17.1 Å². The average Bonchev–Trinajstić information content (AvgIpc) is 2.75. The minimum absolute atomic E-state index is 0.0996. The predicted molar refractivity (Wildman–Crippen MR) is 114 cm³/mol. The number of ether oxygens (including phenoxy) is 1. The second kappa shape index (κ2) is 8.26. The highest BCUT2D eigenvalue weighted by molar-refractivity contribution is 6.30.